The van der Waals surface area contributed by atoms with Gasteiger partial charge >= 0.3 is 0 Å². The highest BCUT2D eigenvalue weighted by Crippen LogP contribution is 2.31. The maximum Gasteiger partial charge on any atom is 0.224 e. The topological polar surface area (TPSA) is 62.2 Å². The molecule has 25 heavy (non-hydrogen) atoms. The van der Waals surface area contributed by atoms with Crippen LogP contribution in [0.15, 0.2) is 42.7 Å². The van der Waals surface area contributed by atoms with Gasteiger partial charge in [0.05, 0.1) is 12.5 Å². The maximum absolute atomic E-state index is 12.5. The third-order valence-corrected chi connectivity index (χ3v) is 5.21. The second-order valence-corrected chi connectivity index (χ2v) is 7.21. The number of benzene rings is 1. The predicted octanol–water partition coefficient (Wildman–Crippen LogP) is 2.74. The summed E-state index contributed by atoms with van der Waals surface area (Å²) in [5, 5.41) is 12.8. The van der Waals surface area contributed by atoms with Crippen LogP contribution in [0.2, 0.25) is 0 Å². The normalized spacial score (nSPS) is 20.6. The van der Waals surface area contributed by atoms with Crippen molar-refractivity contribution in [1.29, 1.82) is 0 Å². The van der Waals surface area contributed by atoms with Crippen LogP contribution >= 0.6 is 0 Å². The van der Waals surface area contributed by atoms with E-state index < -0.39 is 0 Å². The van der Waals surface area contributed by atoms with Crippen LogP contribution < -0.4 is 5.32 Å². The SMILES string of the molecule is Cc1ccc(CC(=O)NC(Cc2ccncc2)C2CC(O)C2)cc1C. The average Bonchev–Trinajstić information content (AvgIpc) is 2.56. The molecule has 0 spiro atoms. The molecule has 1 atom stereocenters. The summed E-state index contributed by atoms with van der Waals surface area (Å²) in [6, 6.07) is 10.2. The molecule has 4 nitrogen and oxygen atoms in total. The minimum atomic E-state index is -0.221. The monoisotopic (exact) mass is 338 g/mol. The molecular formula is C21H26N2O2. The lowest BCUT2D eigenvalue weighted by Crippen LogP contribution is -2.48. The van der Waals surface area contributed by atoms with Crippen LogP contribution in [0.4, 0.5) is 0 Å². The minimum absolute atomic E-state index is 0.0451. The van der Waals surface area contributed by atoms with Crippen molar-refractivity contribution in [2.45, 2.75) is 51.7 Å². The molecule has 132 valence electrons. The molecule has 1 fully saturated rings. The number of hydrogen-bond acceptors (Lipinski definition) is 3. The molecule has 3 rings (SSSR count). The van der Waals surface area contributed by atoms with Crippen molar-refractivity contribution in [3.63, 3.8) is 0 Å². The average molecular weight is 338 g/mol. The zero-order chi connectivity index (χ0) is 17.8. The first-order valence-corrected chi connectivity index (χ1v) is 8.93. The lowest BCUT2D eigenvalue weighted by molar-refractivity contribution is -0.122. The quantitative estimate of drug-likeness (QED) is 0.851. The molecule has 0 saturated heterocycles. The third kappa shape index (κ3) is 4.67. The van der Waals surface area contributed by atoms with Gasteiger partial charge in [0.25, 0.3) is 0 Å². The summed E-state index contributed by atoms with van der Waals surface area (Å²) in [6.07, 6.45) is 6.03. The van der Waals surface area contributed by atoms with Crippen LogP contribution in [0, 0.1) is 19.8 Å². The van der Waals surface area contributed by atoms with Gasteiger partial charge in [0, 0.05) is 18.4 Å². The molecule has 0 aliphatic heterocycles. The van der Waals surface area contributed by atoms with E-state index in [9.17, 15) is 9.90 Å². The van der Waals surface area contributed by atoms with E-state index in [0.717, 1.165) is 30.4 Å². The summed E-state index contributed by atoms with van der Waals surface area (Å²) in [6.45, 7) is 4.14. The highest BCUT2D eigenvalue weighted by molar-refractivity contribution is 5.79. The van der Waals surface area contributed by atoms with Crippen LogP contribution in [0.3, 0.4) is 0 Å². The van der Waals surface area contributed by atoms with Gasteiger partial charge in [-0.25, -0.2) is 0 Å². The van der Waals surface area contributed by atoms with Gasteiger partial charge < -0.3 is 10.4 Å². The Labute approximate surface area is 149 Å². The molecule has 1 saturated carbocycles. The number of aryl methyl sites for hydroxylation is 2. The number of aromatic nitrogens is 1. The van der Waals surface area contributed by atoms with Crippen molar-refractivity contribution < 1.29 is 9.90 Å². The summed E-state index contributed by atoms with van der Waals surface area (Å²) < 4.78 is 0. The van der Waals surface area contributed by atoms with E-state index in [2.05, 4.69) is 36.3 Å². The van der Waals surface area contributed by atoms with Gasteiger partial charge in [-0.3, -0.25) is 9.78 Å². The molecule has 2 N–H and O–H groups in total. The van der Waals surface area contributed by atoms with Gasteiger partial charge in [-0.05, 0) is 73.4 Å². The zero-order valence-electron chi connectivity index (χ0n) is 14.9. The van der Waals surface area contributed by atoms with Crippen LogP contribution in [-0.2, 0) is 17.6 Å². The van der Waals surface area contributed by atoms with Crippen molar-refractivity contribution in [2.75, 3.05) is 0 Å². The fourth-order valence-electron chi connectivity index (χ4n) is 3.42. The second-order valence-electron chi connectivity index (χ2n) is 7.21. The molecule has 1 aromatic carbocycles. The first kappa shape index (κ1) is 17.6. The predicted molar refractivity (Wildman–Crippen MR) is 98.2 cm³/mol. The number of hydrogen-bond donors (Lipinski definition) is 2. The van der Waals surface area contributed by atoms with Gasteiger partial charge in [-0.2, -0.15) is 0 Å². The molecule has 1 aromatic heterocycles. The summed E-state index contributed by atoms with van der Waals surface area (Å²) in [7, 11) is 0. The Balaban J connectivity index is 1.64. The van der Waals surface area contributed by atoms with Gasteiger partial charge in [0.2, 0.25) is 5.91 Å². The summed E-state index contributed by atoms with van der Waals surface area (Å²) in [4.78, 5) is 16.6. The van der Waals surface area contributed by atoms with Gasteiger partial charge in [-0.15, -0.1) is 0 Å². The van der Waals surface area contributed by atoms with Crippen molar-refractivity contribution in [1.82, 2.24) is 10.3 Å². The number of carbonyl (C=O) groups excluding carboxylic acids is 1. The number of pyridine rings is 1. The second kappa shape index (κ2) is 7.79. The maximum atomic E-state index is 12.5. The Morgan fingerprint density at radius 3 is 2.52 bits per heavy atom. The Hall–Kier alpha value is -2.20. The number of nitrogens with one attached hydrogen (secondary N) is 1. The third-order valence-electron chi connectivity index (χ3n) is 5.21. The van der Waals surface area contributed by atoms with Crippen LogP contribution in [0.25, 0.3) is 0 Å². The van der Waals surface area contributed by atoms with Crippen molar-refractivity contribution >= 4 is 5.91 Å². The molecular weight excluding hydrogens is 312 g/mol. The summed E-state index contributed by atoms with van der Waals surface area (Å²) >= 11 is 0. The Kier molecular flexibility index (Phi) is 5.49. The minimum Gasteiger partial charge on any atom is -0.393 e. The van der Waals surface area contributed by atoms with E-state index in [-0.39, 0.29) is 18.1 Å². The van der Waals surface area contributed by atoms with Crippen molar-refractivity contribution in [3.05, 3.63) is 65.0 Å². The highest BCUT2D eigenvalue weighted by atomic mass is 16.3. The van der Waals surface area contributed by atoms with Gasteiger partial charge in [0.15, 0.2) is 0 Å². The van der Waals surface area contributed by atoms with E-state index in [4.69, 9.17) is 0 Å². The van der Waals surface area contributed by atoms with Crippen molar-refractivity contribution in [3.8, 4) is 0 Å². The molecule has 1 aliphatic rings. The molecule has 1 heterocycles. The number of amides is 1. The zero-order valence-corrected chi connectivity index (χ0v) is 14.9. The highest BCUT2D eigenvalue weighted by Gasteiger charge is 2.34. The standard InChI is InChI=1S/C21H26N2O2/c1-14-3-4-17(9-15(14)2)11-21(25)23-20(18-12-19(24)13-18)10-16-5-7-22-8-6-16/h3-9,18-20,24H,10-13H2,1-2H3,(H,23,25). The van der Waals surface area contributed by atoms with Crippen LogP contribution in [0.5, 0.6) is 0 Å². The molecule has 1 unspecified atom stereocenters. The Bertz CT molecular complexity index is 724. The number of carbonyl (C=O) groups is 1. The first-order chi connectivity index (χ1) is 12.0. The molecule has 1 amide bonds. The van der Waals surface area contributed by atoms with Crippen LogP contribution in [-0.4, -0.2) is 28.1 Å². The van der Waals surface area contributed by atoms with E-state index in [1.807, 2.05) is 18.2 Å². The summed E-state index contributed by atoms with van der Waals surface area (Å²) in [5.41, 5.74) is 4.65. The Morgan fingerprint density at radius 1 is 1.16 bits per heavy atom. The molecule has 4 heteroatoms. The van der Waals surface area contributed by atoms with Gasteiger partial charge in [-0.1, -0.05) is 18.2 Å². The largest absolute Gasteiger partial charge is 0.393 e. The lowest BCUT2D eigenvalue weighted by atomic mass is 9.75. The first-order valence-electron chi connectivity index (χ1n) is 8.93. The Morgan fingerprint density at radius 2 is 1.88 bits per heavy atom. The number of aliphatic hydroxyl groups is 1. The van der Waals surface area contributed by atoms with E-state index in [1.54, 1.807) is 12.4 Å². The number of nitrogens with zero attached hydrogens (tertiary/aromatic N) is 1. The van der Waals surface area contributed by atoms with Gasteiger partial charge in [0.1, 0.15) is 0 Å². The number of aliphatic hydroxyl groups excluding tert-OH is 1. The molecule has 0 bridgehead atoms. The molecule has 0 radical (unpaired) electrons. The fraction of sp³-hybridized carbons (Fsp3) is 0.429. The molecule has 1 aliphatic carbocycles. The van der Waals surface area contributed by atoms with E-state index >= 15 is 0 Å². The van der Waals surface area contributed by atoms with E-state index in [0.29, 0.717) is 12.3 Å². The van der Waals surface area contributed by atoms with E-state index in [1.165, 1.54) is 11.1 Å². The smallest absolute Gasteiger partial charge is 0.224 e. The number of rotatable bonds is 6. The summed E-state index contributed by atoms with van der Waals surface area (Å²) in [5.74, 6) is 0.385. The fourth-order valence-corrected chi connectivity index (χ4v) is 3.42. The molecule has 2 aromatic rings. The van der Waals surface area contributed by atoms with Crippen LogP contribution in [0.1, 0.15) is 35.1 Å². The lowest BCUT2D eigenvalue weighted by Gasteiger charge is -2.38. The van der Waals surface area contributed by atoms with Crippen molar-refractivity contribution in [2.24, 2.45) is 5.92 Å².